The minimum absolute atomic E-state index is 0.0155. The van der Waals surface area contributed by atoms with Crippen LogP contribution in [0.15, 0.2) is 30.3 Å². The van der Waals surface area contributed by atoms with Crippen molar-refractivity contribution < 1.29 is 19.4 Å². The fourth-order valence-corrected chi connectivity index (χ4v) is 2.17. The largest absolute Gasteiger partial charge is 0.459 e. The van der Waals surface area contributed by atoms with Crippen molar-refractivity contribution >= 4 is 5.97 Å². The number of aliphatic hydroxyl groups is 1. The van der Waals surface area contributed by atoms with E-state index in [0.29, 0.717) is 12.2 Å². The Hall–Kier alpha value is -1.39. The molecule has 0 aromatic heterocycles. The first-order valence-electron chi connectivity index (χ1n) is 6.79. The molecule has 0 unspecified atom stereocenters. The molecule has 2 atom stereocenters. The Kier molecular flexibility index (Phi) is 5.36. The summed E-state index contributed by atoms with van der Waals surface area (Å²) in [6.07, 6.45) is 3.08. The van der Waals surface area contributed by atoms with Crippen molar-refractivity contribution in [1.82, 2.24) is 0 Å². The number of carbonyl (C=O) groups excluding carboxylic acids is 1. The molecule has 0 saturated carbocycles. The summed E-state index contributed by atoms with van der Waals surface area (Å²) in [5.41, 5.74) is 0.497. The zero-order chi connectivity index (χ0) is 13.5. The molecule has 0 amide bonds. The van der Waals surface area contributed by atoms with Gasteiger partial charge in [0.05, 0.1) is 11.7 Å². The second-order valence-electron chi connectivity index (χ2n) is 4.79. The van der Waals surface area contributed by atoms with Crippen molar-refractivity contribution in [3.8, 4) is 0 Å². The quantitative estimate of drug-likeness (QED) is 0.847. The average molecular weight is 264 g/mol. The Morgan fingerprint density at radius 2 is 2.11 bits per heavy atom. The average Bonchev–Trinajstić information content (AvgIpc) is 2.74. The van der Waals surface area contributed by atoms with Gasteiger partial charge in [0.25, 0.3) is 0 Å². The van der Waals surface area contributed by atoms with Crippen LogP contribution in [0.25, 0.3) is 0 Å². The lowest BCUT2D eigenvalue weighted by molar-refractivity contribution is -0.0607. The molecular weight excluding hydrogens is 244 g/mol. The van der Waals surface area contributed by atoms with Crippen molar-refractivity contribution in [3.63, 3.8) is 0 Å². The van der Waals surface area contributed by atoms with E-state index in [9.17, 15) is 9.90 Å². The summed E-state index contributed by atoms with van der Waals surface area (Å²) in [5, 5.41) is 9.99. The summed E-state index contributed by atoms with van der Waals surface area (Å²) in [5.74, 6) is -0.409. The molecule has 0 radical (unpaired) electrons. The van der Waals surface area contributed by atoms with Crippen LogP contribution in [0.5, 0.6) is 0 Å². The maximum absolute atomic E-state index is 11.7. The zero-order valence-corrected chi connectivity index (χ0v) is 11.0. The number of benzene rings is 1. The van der Waals surface area contributed by atoms with Crippen molar-refractivity contribution in [1.29, 1.82) is 0 Å². The molecule has 104 valence electrons. The third-order valence-electron chi connectivity index (χ3n) is 3.29. The molecule has 1 saturated heterocycles. The monoisotopic (exact) mass is 264 g/mol. The third kappa shape index (κ3) is 4.33. The van der Waals surface area contributed by atoms with Gasteiger partial charge in [-0.05, 0) is 25.0 Å². The maximum Gasteiger partial charge on any atom is 0.338 e. The number of carbonyl (C=O) groups is 1. The van der Waals surface area contributed by atoms with Gasteiger partial charge in [0.15, 0.2) is 0 Å². The SMILES string of the molecule is O=C(OC[C@H](O)[C@H]1CCCCCO1)c1ccccc1. The zero-order valence-electron chi connectivity index (χ0n) is 11.0. The maximum atomic E-state index is 11.7. The van der Waals surface area contributed by atoms with E-state index in [2.05, 4.69) is 0 Å². The summed E-state index contributed by atoms with van der Waals surface area (Å²) >= 11 is 0. The molecule has 2 rings (SSSR count). The molecule has 1 fully saturated rings. The Morgan fingerprint density at radius 3 is 2.89 bits per heavy atom. The molecular formula is C15H20O4. The first-order chi connectivity index (χ1) is 9.27. The van der Waals surface area contributed by atoms with E-state index in [1.165, 1.54) is 0 Å². The van der Waals surface area contributed by atoms with Gasteiger partial charge in [-0.2, -0.15) is 0 Å². The predicted molar refractivity (Wildman–Crippen MR) is 70.9 cm³/mol. The fraction of sp³-hybridized carbons (Fsp3) is 0.533. The van der Waals surface area contributed by atoms with E-state index in [-0.39, 0.29) is 12.7 Å². The lowest BCUT2D eigenvalue weighted by Crippen LogP contribution is -2.33. The summed E-state index contributed by atoms with van der Waals surface area (Å²) in [6, 6.07) is 8.78. The lowest BCUT2D eigenvalue weighted by atomic mass is 10.1. The minimum atomic E-state index is -0.745. The summed E-state index contributed by atoms with van der Waals surface area (Å²) in [4.78, 5) is 11.7. The van der Waals surface area contributed by atoms with E-state index in [1.54, 1.807) is 24.3 Å². The van der Waals surface area contributed by atoms with Crippen LogP contribution < -0.4 is 0 Å². The minimum Gasteiger partial charge on any atom is -0.459 e. The first kappa shape index (κ1) is 14.0. The van der Waals surface area contributed by atoms with Crippen LogP contribution in [-0.4, -0.2) is 36.5 Å². The van der Waals surface area contributed by atoms with Crippen molar-refractivity contribution in [2.45, 2.75) is 37.9 Å². The summed E-state index contributed by atoms with van der Waals surface area (Å²) in [7, 11) is 0. The Labute approximate surface area is 113 Å². The van der Waals surface area contributed by atoms with Crippen LogP contribution in [-0.2, 0) is 9.47 Å². The smallest absolute Gasteiger partial charge is 0.338 e. The third-order valence-corrected chi connectivity index (χ3v) is 3.29. The molecule has 4 heteroatoms. The van der Waals surface area contributed by atoms with E-state index in [1.807, 2.05) is 6.07 Å². The van der Waals surface area contributed by atoms with Crippen LogP contribution in [0.3, 0.4) is 0 Å². The van der Waals surface area contributed by atoms with E-state index < -0.39 is 12.1 Å². The van der Waals surface area contributed by atoms with Crippen molar-refractivity contribution in [2.24, 2.45) is 0 Å². The lowest BCUT2D eigenvalue weighted by Gasteiger charge is -2.21. The van der Waals surface area contributed by atoms with Crippen molar-refractivity contribution in [3.05, 3.63) is 35.9 Å². The van der Waals surface area contributed by atoms with Gasteiger partial charge in [0.1, 0.15) is 12.7 Å². The molecule has 1 aromatic rings. The van der Waals surface area contributed by atoms with Crippen molar-refractivity contribution in [2.75, 3.05) is 13.2 Å². The molecule has 0 spiro atoms. The molecule has 19 heavy (non-hydrogen) atoms. The number of esters is 1. The number of ether oxygens (including phenoxy) is 2. The van der Waals surface area contributed by atoms with E-state index >= 15 is 0 Å². The highest BCUT2D eigenvalue weighted by Gasteiger charge is 2.23. The standard InChI is InChI=1S/C15H20O4/c16-13(14-9-5-2-6-10-18-14)11-19-15(17)12-7-3-1-4-8-12/h1,3-4,7-8,13-14,16H,2,5-6,9-11H2/t13-,14+/m0/s1. The Morgan fingerprint density at radius 1 is 1.32 bits per heavy atom. The fourth-order valence-electron chi connectivity index (χ4n) is 2.17. The second-order valence-corrected chi connectivity index (χ2v) is 4.79. The highest BCUT2D eigenvalue weighted by atomic mass is 16.5. The van der Waals surface area contributed by atoms with Crippen LogP contribution in [0.2, 0.25) is 0 Å². The van der Waals surface area contributed by atoms with Crippen LogP contribution >= 0.6 is 0 Å². The van der Waals surface area contributed by atoms with Gasteiger partial charge < -0.3 is 14.6 Å². The molecule has 1 heterocycles. The van der Waals surface area contributed by atoms with Crippen LogP contribution in [0, 0.1) is 0 Å². The molecule has 1 aromatic carbocycles. The first-order valence-corrected chi connectivity index (χ1v) is 6.79. The van der Waals surface area contributed by atoms with Gasteiger partial charge in [-0.3, -0.25) is 0 Å². The molecule has 0 bridgehead atoms. The van der Waals surface area contributed by atoms with Gasteiger partial charge >= 0.3 is 5.97 Å². The Balaban J connectivity index is 1.79. The molecule has 4 nitrogen and oxygen atoms in total. The summed E-state index contributed by atoms with van der Waals surface area (Å²) in [6.45, 7) is 0.659. The highest BCUT2D eigenvalue weighted by Crippen LogP contribution is 2.16. The van der Waals surface area contributed by atoms with Gasteiger partial charge in [-0.25, -0.2) is 4.79 Å². The second kappa shape index (κ2) is 7.26. The molecule has 1 N–H and O–H groups in total. The number of rotatable bonds is 4. The molecule has 1 aliphatic rings. The van der Waals surface area contributed by atoms with Gasteiger partial charge in [-0.1, -0.05) is 31.0 Å². The molecule has 1 aliphatic heterocycles. The number of hydrogen-bond acceptors (Lipinski definition) is 4. The van der Waals surface area contributed by atoms with E-state index in [4.69, 9.17) is 9.47 Å². The Bertz CT molecular complexity index is 382. The summed E-state index contributed by atoms with van der Waals surface area (Å²) < 4.78 is 10.7. The highest BCUT2D eigenvalue weighted by molar-refractivity contribution is 5.89. The number of hydrogen-bond donors (Lipinski definition) is 1. The van der Waals surface area contributed by atoms with Crippen LogP contribution in [0.4, 0.5) is 0 Å². The van der Waals surface area contributed by atoms with Gasteiger partial charge in [0, 0.05) is 6.61 Å². The predicted octanol–water partition coefficient (Wildman–Crippen LogP) is 2.16. The topological polar surface area (TPSA) is 55.8 Å². The van der Waals surface area contributed by atoms with Gasteiger partial charge in [-0.15, -0.1) is 0 Å². The molecule has 0 aliphatic carbocycles. The van der Waals surface area contributed by atoms with Gasteiger partial charge in [0.2, 0.25) is 0 Å². The van der Waals surface area contributed by atoms with E-state index in [0.717, 1.165) is 25.7 Å². The van der Waals surface area contributed by atoms with Crippen LogP contribution in [0.1, 0.15) is 36.0 Å². The normalized spacial score (nSPS) is 21.4. The number of aliphatic hydroxyl groups excluding tert-OH is 1.